The first kappa shape index (κ1) is 31.3. The first-order chi connectivity index (χ1) is 21.7. The van der Waals surface area contributed by atoms with Gasteiger partial charge in [0.05, 0.1) is 11.3 Å². The second-order valence-corrected chi connectivity index (χ2v) is 10.9. The third-order valence-corrected chi connectivity index (χ3v) is 7.46. The van der Waals surface area contributed by atoms with Gasteiger partial charge in [-0.05, 0) is 81.9 Å². The quantitative estimate of drug-likeness (QED) is 0.173. The molecule has 0 bridgehead atoms. The number of anilines is 2. The Bertz CT molecular complexity index is 1760. The molecule has 3 heterocycles. The molecule has 1 aliphatic rings. The van der Waals surface area contributed by atoms with Crippen LogP contribution < -0.4 is 26.9 Å². The molecule has 2 aromatic carbocycles. The molecule has 1 aliphatic heterocycles. The normalized spacial score (nSPS) is 14.7. The van der Waals surface area contributed by atoms with Crippen LogP contribution in [0.25, 0.3) is 11.4 Å². The summed E-state index contributed by atoms with van der Waals surface area (Å²) in [7, 11) is 4.05. The predicted molar refractivity (Wildman–Crippen MR) is 168 cm³/mol. The number of benzene rings is 2. The third-order valence-electron chi connectivity index (χ3n) is 7.46. The van der Waals surface area contributed by atoms with E-state index in [1.807, 2.05) is 14.1 Å². The van der Waals surface area contributed by atoms with Crippen molar-refractivity contribution in [3.05, 3.63) is 107 Å². The van der Waals surface area contributed by atoms with Crippen molar-refractivity contribution in [1.29, 1.82) is 0 Å². The number of hydrogen-bond acceptors (Lipinski definition) is 9. The number of pyridine rings is 1. The molecule has 234 valence electrons. The lowest BCUT2D eigenvalue weighted by molar-refractivity contribution is 0.102. The van der Waals surface area contributed by atoms with Crippen LogP contribution >= 0.6 is 0 Å². The minimum absolute atomic E-state index is 0.0953. The van der Waals surface area contributed by atoms with Crippen molar-refractivity contribution in [3.63, 3.8) is 0 Å². The summed E-state index contributed by atoms with van der Waals surface area (Å²) in [6.07, 6.45) is 5.88. The lowest BCUT2D eigenvalue weighted by atomic mass is 9.99. The summed E-state index contributed by atoms with van der Waals surface area (Å²) in [6, 6.07) is 12.1. The van der Waals surface area contributed by atoms with E-state index in [0.717, 1.165) is 43.1 Å². The van der Waals surface area contributed by atoms with Crippen LogP contribution in [0.4, 0.5) is 20.3 Å². The number of amides is 1. The van der Waals surface area contributed by atoms with Gasteiger partial charge in [0.25, 0.3) is 11.5 Å². The maximum atomic E-state index is 15.4. The van der Waals surface area contributed by atoms with Crippen molar-refractivity contribution in [2.45, 2.75) is 25.3 Å². The van der Waals surface area contributed by atoms with Crippen LogP contribution in [0.15, 0.2) is 78.4 Å². The number of nitrogens with zero attached hydrogens (tertiary/aromatic N) is 5. The zero-order chi connectivity index (χ0) is 32.1. The minimum Gasteiger partial charge on any atom is -0.453 e. The summed E-state index contributed by atoms with van der Waals surface area (Å²) in [5.41, 5.74) is 3.19. The van der Waals surface area contributed by atoms with Crippen LogP contribution in [0.3, 0.4) is 0 Å². The Balaban J connectivity index is 1.37. The highest BCUT2D eigenvalue weighted by molar-refractivity contribution is 6.04. The van der Waals surface area contributed by atoms with Gasteiger partial charge in [0.15, 0.2) is 17.4 Å². The molecule has 0 spiro atoms. The van der Waals surface area contributed by atoms with Gasteiger partial charge in [-0.1, -0.05) is 6.58 Å². The number of nitrogens with one attached hydrogen (secondary N) is 2. The Morgan fingerprint density at radius 1 is 1.09 bits per heavy atom. The highest BCUT2D eigenvalue weighted by Crippen LogP contribution is 2.38. The van der Waals surface area contributed by atoms with Crippen LogP contribution in [-0.2, 0) is 0 Å². The highest BCUT2D eigenvalue weighted by atomic mass is 19.1. The lowest BCUT2D eigenvalue weighted by Crippen LogP contribution is -2.44. The molecule has 11 nitrogen and oxygen atoms in total. The summed E-state index contributed by atoms with van der Waals surface area (Å²) in [5.74, 6) is 4.32. The number of rotatable bonds is 10. The number of ether oxygens (including phenoxy) is 1. The number of likely N-dealkylation sites (N-methyl/N-ethyl adjacent to an activating group) is 1. The summed E-state index contributed by atoms with van der Waals surface area (Å²) in [4.78, 5) is 34.6. The molecule has 0 unspecified atom stereocenters. The molecule has 0 saturated carbocycles. The first-order valence-electron chi connectivity index (χ1n) is 14.4. The van der Waals surface area contributed by atoms with E-state index in [2.05, 4.69) is 37.2 Å². The van der Waals surface area contributed by atoms with Gasteiger partial charge in [-0.3, -0.25) is 9.59 Å². The van der Waals surface area contributed by atoms with Crippen molar-refractivity contribution >= 4 is 23.1 Å². The summed E-state index contributed by atoms with van der Waals surface area (Å²) in [5, 5.41) is 6.50. The molecular weight excluding hydrogens is 582 g/mol. The van der Waals surface area contributed by atoms with E-state index in [1.165, 1.54) is 54.9 Å². The molecule has 4 aromatic rings. The molecule has 45 heavy (non-hydrogen) atoms. The number of hydrazine groups is 1. The van der Waals surface area contributed by atoms with Gasteiger partial charge >= 0.3 is 0 Å². The van der Waals surface area contributed by atoms with Gasteiger partial charge in [-0.15, -0.1) is 0 Å². The molecule has 1 saturated heterocycles. The van der Waals surface area contributed by atoms with Crippen molar-refractivity contribution in [3.8, 4) is 17.2 Å². The number of piperidine rings is 1. The number of carbonyl (C=O) groups is 1. The van der Waals surface area contributed by atoms with Gasteiger partial charge in [0, 0.05) is 49.0 Å². The lowest BCUT2D eigenvalue weighted by Gasteiger charge is -2.40. The van der Waals surface area contributed by atoms with Crippen LogP contribution in [0.1, 0.15) is 35.2 Å². The van der Waals surface area contributed by atoms with Crippen LogP contribution in [0.2, 0.25) is 0 Å². The molecule has 2 aromatic heterocycles. The number of nitrogen functional groups attached to an aromatic ring is 1. The Kier molecular flexibility index (Phi) is 9.50. The summed E-state index contributed by atoms with van der Waals surface area (Å²) in [6.45, 7) is 5.99. The number of aromatic nitrogens is 3. The number of nitrogens with two attached hydrogens (primary N) is 1. The van der Waals surface area contributed by atoms with E-state index < -0.39 is 23.1 Å². The van der Waals surface area contributed by atoms with Crippen molar-refractivity contribution < 1.29 is 18.3 Å². The molecule has 0 radical (unpaired) electrons. The monoisotopic (exact) mass is 616 g/mol. The maximum Gasteiger partial charge on any atom is 0.284 e. The van der Waals surface area contributed by atoms with Crippen molar-refractivity contribution in [1.82, 2.24) is 24.6 Å². The summed E-state index contributed by atoms with van der Waals surface area (Å²) >= 11 is 0. The average Bonchev–Trinajstić information content (AvgIpc) is 3.02. The van der Waals surface area contributed by atoms with Crippen molar-refractivity contribution in [2.24, 2.45) is 5.84 Å². The van der Waals surface area contributed by atoms with Gasteiger partial charge < -0.3 is 25.3 Å². The molecule has 1 atom stereocenters. The van der Waals surface area contributed by atoms with E-state index in [4.69, 9.17) is 10.6 Å². The third kappa shape index (κ3) is 7.00. The van der Waals surface area contributed by atoms with E-state index in [9.17, 15) is 14.0 Å². The fourth-order valence-corrected chi connectivity index (χ4v) is 5.36. The zero-order valence-corrected chi connectivity index (χ0v) is 25.0. The smallest absolute Gasteiger partial charge is 0.284 e. The molecule has 1 fully saturated rings. The van der Waals surface area contributed by atoms with Crippen LogP contribution in [0.5, 0.6) is 11.5 Å². The number of likely N-dealkylation sites (tertiary alicyclic amines) is 1. The van der Waals surface area contributed by atoms with Crippen molar-refractivity contribution in [2.75, 3.05) is 37.9 Å². The number of hydrogen-bond donors (Lipinski definition) is 3. The van der Waals surface area contributed by atoms with E-state index >= 15 is 4.39 Å². The zero-order valence-electron chi connectivity index (χ0n) is 25.0. The second kappa shape index (κ2) is 13.7. The standard InChI is InChI=1S/C32H34F2N8O3/c1-20(41-17-5-4-6-24(41)19-40(2)3)29-28(14-15-36-30(29)39-35)45-27-12-9-22(18-26(27)34)38-31(43)25-13-16-37-42(32(25)44)23-10-7-21(33)8-11-23/h7-16,18,24H,1,4-6,17,19,35H2,2-3H3,(H,36,39)(H,38,43)/t24-/m1/s1. The van der Waals surface area contributed by atoms with E-state index in [1.54, 1.807) is 6.07 Å². The Morgan fingerprint density at radius 3 is 2.58 bits per heavy atom. The molecular formula is C32H34F2N8O3. The highest BCUT2D eigenvalue weighted by Gasteiger charge is 2.28. The van der Waals surface area contributed by atoms with Crippen LogP contribution in [-0.4, -0.2) is 63.7 Å². The van der Waals surface area contributed by atoms with Gasteiger partial charge in [0.1, 0.15) is 17.1 Å². The Morgan fingerprint density at radius 2 is 1.87 bits per heavy atom. The SMILES string of the molecule is C=C(c1c(Oc2ccc(NC(=O)c3ccnn(-c4ccc(F)cc4)c3=O)cc2F)ccnc1NN)N1CCCC[C@@H]1CN(C)C. The fraction of sp³-hybridized carbons (Fsp3) is 0.250. The van der Waals surface area contributed by atoms with Gasteiger partial charge in [0.2, 0.25) is 0 Å². The average molecular weight is 617 g/mol. The Hall–Kier alpha value is -5.14. The van der Waals surface area contributed by atoms with E-state index in [-0.39, 0.29) is 28.7 Å². The molecule has 0 aliphatic carbocycles. The molecule has 13 heteroatoms. The maximum absolute atomic E-state index is 15.4. The van der Waals surface area contributed by atoms with Gasteiger partial charge in [-0.2, -0.15) is 9.78 Å². The van der Waals surface area contributed by atoms with E-state index in [0.29, 0.717) is 22.8 Å². The number of carbonyl (C=O) groups excluding carboxylic acids is 1. The molecule has 1 amide bonds. The largest absolute Gasteiger partial charge is 0.453 e. The fourth-order valence-electron chi connectivity index (χ4n) is 5.36. The van der Waals surface area contributed by atoms with Crippen LogP contribution in [0, 0.1) is 11.6 Å². The Labute approximate surface area is 258 Å². The predicted octanol–water partition coefficient (Wildman–Crippen LogP) is 4.62. The second-order valence-electron chi connectivity index (χ2n) is 10.9. The first-order valence-corrected chi connectivity index (χ1v) is 14.4. The summed E-state index contributed by atoms with van der Waals surface area (Å²) < 4.78 is 35.7. The number of halogens is 2. The van der Waals surface area contributed by atoms with Gasteiger partial charge in [-0.25, -0.2) is 19.6 Å². The topological polar surface area (TPSA) is 131 Å². The molecule has 4 N–H and O–H groups in total. The molecule has 5 rings (SSSR count). The minimum atomic E-state index is -0.772.